The molecule has 1 amide bonds. The van der Waals surface area contributed by atoms with Gasteiger partial charge in [-0.25, -0.2) is 4.79 Å². The van der Waals surface area contributed by atoms with Gasteiger partial charge in [0, 0.05) is 20.5 Å². The molecule has 100 valence electrons. The predicted molar refractivity (Wildman–Crippen MR) is 68.8 cm³/mol. The maximum Gasteiger partial charge on any atom is 0.419 e. The molecule has 0 unspecified atom stereocenters. The van der Waals surface area contributed by atoms with Crippen LogP contribution in [0.4, 0.5) is 0 Å². The van der Waals surface area contributed by atoms with Gasteiger partial charge in [-0.3, -0.25) is 14.2 Å². The van der Waals surface area contributed by atoms with E-state index in [-0.39, 0.29) is 0 Å². The number of carbonyl (C=O) groups excluding carboxylic acids is 2. The lowest BCUT2D eigenvalue weighted by atomic mass is 10.1. The summed E-state index contributed by atoms with van der Waals surface area (Å²) >= 11 is 0. The van der Waals surface area contributed by atoms with Crippen LogP contribution in [0.15, 0.2) is 27.4 Å². The van der Waals surface area contributed by atoms with Gasteiger partial charge in [-0.2, -0.15) is 0 Å². The van der Waals surface area contributed by atoms with Crippen molar-refractivity contribution in [2.45, 2.75) is 13.3 Å². The van der Waals surface area contributed by atoms with Gasteiger partial charge in [0.25, 0.3) is 5.91 Å². The number of aromatic nitrogens is 1. The smallest absolute Gasteiger partial charge is 0.408 e. The summed E-state index contributed by atoms with van der Waals surface area (Å²) in [5.41, 5.74) is 2.16. The Morgan fingerprint density at radius 2 is 2.11 bits per heavy atom. The molecule has 0 saturated carbocycles. The normalized spacial score (nSPS) is 10.6. The van der Waals surface area contributed by atoms with E-state index in [1.807, 2.05) is 6.07 Å². The zero-order chi connectivity index (χ0) is 14.0. The molecule has 1 aromatic heterocycles. The Morgan fingerprint density at radius 1 is 1.37 bits per heavy atom. The summed E-state index contributed by atoms with van der Waals surface area (Å²) in [6.07, 6.45) is 0.563. The molecule has 1 N–H and O–H groups in total. The van der Waals surface area contributed by atoms with Gasteiger partial charge in [-0.05, 0) is 24.1 Å². The lowest BCUT2D eigenvalue weighted by Crippen LogP contribution is -2.30. The first-order valence-corrected chi connectivity index (χ1v) is 5.86. The van der Waals surface area contributed by atoms with E-state index in [2.05, 4.69) is 5.32 Å². The molecule has 6 nitrogen and oxygen atoms in total. The monoisotopic (exact) mass is 262 g/mol. The summed E-state index contributed by atoms with van der Waals surface area (Å²) in [6.45, 7) is 1.58. The van der Waals surface area contributed by atoms with E-state index < -0.39 is 17.4 Å². The Balaban J connectivity index is 2.08. The van der Waals surface area contributed by atoms with Crippen LogP contribution in [-0.2, 0) is 23.1 Å². The fraction of sp³-hybridized carbons (Fsp3) is 0.308. The van der Waals surface area contributed by atoms with Gasteiger partial charge < -0.3 is 9.73 Å². The second-order valence-corrected chi connectivity index (χ2v) is 4.29. The minimum absolute atomic E-state index is 0.362. The number of nitrogens with zero attached hydrogens (tertiary/aromatic N) is 1. The fourth-order valence-electron chi connectivity index (χ4n) is 1.78. The van der Waals surface area contributed by atoms with Crippen LogP contribution < -0.4 is 11.1 Å². The van der Waals surface area contributed by atoms with Crippen molar-refractivity contribution in [1.29, 1.82) is 0 Å². The van der Waals surface area contributed by atoms with Crippen molar-refractivity contribution in [3.8, 4) is 0 Å². The number of hydrogen-bond donors (Lipinski definition) is 1. The van der Waals surface area contributed by atoms with Crippen LogP contribution in [0.1, 0.15) is 12.5 Å². The molecular formula is C13H14N2O4. The van der Waals surface area contributed by atoms with Crippen LogP contribution in [-0.4, -0.2) is 22.8 Å². The molecule has 0 fully saturated rings. The minimum atomic E-state index is -0.590. The number of carbonyl (C=O) groups is 2. The van der Waals surface area contributed by atoms with E-state index >= 15 is 0 Å². The number of amides is 1. The van der Waals surface area contributed by atoms with Crippen molar-refractivity contribution in [3.63, 3.8) is 0 Å². The second-order valence-electron chi connectivity index (χ2n) is 4.29. The predicted octanol–water partition coefficient (Wildman–Crippen LogP) is 0.379. The Kier molecular flexibility index (Phi) is 3.50. The molecule has 19 heavy (non-hydrogen) atoms. The van der Waals surface area contributed by atoms with E-state index in [9.17, 15) is 14.4 Å². The standard InChI is InChI=1S/C13H14N2O4/c1-8(16)12(17)14-6-5-9-3-4-10-11(7-9)19-13(18)15(10)2/h3-4,7H,5-6H2,1-2H3,(H,14,17). The van der Waals surface area contributed by atoms with Gasteiger partial charge in [0.2, 0.25) is 5.78 Å². The van der Waals surface area contributed by atoms with Crippen LogP contribution in [0, 0.1) is 0 Å². The van der Waals surface area contributed by atoms with Gasteiger partial charge in [0.05, 0.1) is 5.52 Å². The summed E-state index contributed by atoms with van der Waals surface area (Å²) in [5.74, 6) is -1.51. The first-order chi connectivity index (χ1) is 8.99. The van der Waals surface area contributed by atoms with Crippen molar-refractivity contribution < 1.29 is 14.0 Å². The fourth-order valence-corrected chi connectivity index (χ4v) is 1.78. The number of hydrogen-bond acceptors (Lipinski definition) is 4. The van der Waals surface area contributed by atoms with Crippen molar-refractivity contribution in [2.24, 2.45) is 7.05 Å². The number of benzene rings is 1. The summed E-state index contributed by atoms with van der Waals surface area (Å²) in [7, 11) is 1.64. The topological polar surface area (TPSA) is 81.3 Å². The van der Waals surface area contributed by atoms with Crippen LogP contribution in [0.25, 0.3) is 11.1 Å². The Bertz CT molecular complexity index is 696. The van der Waals surface area contributed by atoms with Crippen molar-refractivity contribution in [2.75, 3.05) is 6.54 Å². The lowest BCUT2D eigenvalue weighted by molar-refractivity contribution is -0.136. The average Bonchev–Trinajstić information content (AvgIpc) is 2.64. The number of oxazole rings is 1. The zero-order valence-electron chi connectivity index (χ0n) is 10.7. The molecule has 0 bridgehead atoms. The van der Waals surface area contributed by atoms with Crippen molar-refractivity contribution in [1.82, 2.24) is 9.88 Å². The number of ketones is 1. The zero-order valence-corrected chi connectivity index (χ0v) is 10.7. The summed E-state index contributed by atoms with van der Waals surface area (Å²) in [4.78, 5) is 33.1. The highest BCUT2D eigenvalue weighted by Crippen LogP contribution is 2.14. The van der Waals surface area contributed by atoms with Gasteiger partial charge in [-0.1, -0.05) is 6.07 Å². The maximum atomic E-state index is 11.3. The molecule has 0 saturated heterocycles. The summed E-state index contributed by atoms with van der Waals surface area (Å²) < 4.78 is 6.50. The van der Waals surface area contributed by atoms with Crippen LogP contribution in [0.3, 0.4) is 0 Å². The average molecular weight is 262 g/mol. The highest BCUT2D eigenvalue weighted by atomic mass is 16.4. The lowest BCUT2D eigenvalue weighted by Gasteiger charge is -2.03. The van der Waals surface area contributed by atoms with Crippen LogP contribution in [0.5, 0.6) is 0 Å². The van der Waals surface area contributed by atoms with E-state index in [4.69, 9.17) is 4.42 Å². The summed E-state index contributed by atoms with van der Waals surface area (Å²) in [5, 5.41) is 2.51. The van der Waals surface area contributed by atoms with E-state index in [0.29, 0.717) is 18.5 Å². The van der Waals surface area contributed by atoms with E-state index in [1.54, 1.807) is 19.2 Å². The molecule has 6 heteroatoms. The molecular weight excluding hydrogens is 248 g/mol. The minimum Gasteiger partial charge on any atom is -0.408 e. The Labute approximate surface area is 109 Å². The molecule has 0 aliphatic rings. The number of fused-ring (bicyclic) bond motifs is 1. The largest absolute Gasteiger partial charge is 0.419 e. The first-order valence-electron chi connectivity index (χ1n) is 5.86. The maximum absolute atomic E-state index is 11.3. The van der Waals surface area contributed by atoms with Gasteiger partial charge in [0.1, 0.15) is 0 Å². The Hall–Kier alpha value is -2.37. The van der Waals surface area contributed by atoms with E-state index in [0.717, 1.165) is 11.1 Å². The molecule has 0 radical (unpaired) electrons. The third-order valence-electron chi connectivity index (χ3n) is 2.88. The van der Waals surface area contributed by atoms with Gasteiger partial charge in [0.15, 0.2) is 5.58 Å². The molecule has 2 rings (SSSR count). The highest BCUT2D eigenvalue weighted by molar-refractivity contribution is 6.35. The number of aryl methyl sites for hydroxylation is 1. The molecule has 0 aliphatic heterocycles. The third kappa shape index (κ3) is 2.73. The highest BCUT2D eigenvalue weighted by Gasteiger charge is 2.08. The second kappa shape index (κ2) is 5.09. The van der Waals surface area contributed by atoms with Gasteiger partial charge in [-0.15, -0.1) is 0 Å². The molecule has 0 spiro atoms. The summed E-state index contributed by atoms with van der Waals surface area (Å²) in [6, 6.07) is 5.41. The first kappa shape index (κ1) is 13.1. The number of nitrogens with one attached hydrogen (secondary N) is 1. The van der Waals surface area contributed by atoms with E-state index in [1.165, 1.54) is 11.5 Å². The van der Waals surface area contributed by atoms with Crippen LogP contribution >= 0.6 is 0 Å². The van der Waals surface area contributed by atoms with Crippen molar-refractivity contribution in [3.05, 3.63) is 34.3 Å². The molecule has 2 aromatic rings. The molecule has 1 aromatic carbocycles. The molecule has 0 aliphatic carbocycles. The molecule has 0 atom stereocenters. The SMILES string of the molecule is CC(=O)C(=O)NCCc1ccc2c(c1)oc(=O)n2C. The third-order valence-corrected chi connectivity index (χ3v) is 2.88. The Morgan fingerprint density at radius 3 is 2.79 bits per heavy atom. The quantitative estimate of drug-likeness (QED) is 0.808. The number of Topliss-reactive ketones (excluding diaryl/α,β-unsaturated/α-hetero) is 1. The van der Waals surface area contributed by atoms with Crippen molar-refractivity contribution >= 4 is 22.8 Å². The molecule has 1 heterocycles. The van der Waals surface area contributed by atoms with Gasteiger partial charge >= 0.3 is 5.76 Å². The number of rotatable bonds is 4. The van der Waals surface area contributed by atoms with Crippen LogP contribution in [0.2, 0.25) is 0 Å².